The summed E-state index contributed by atoms with van der Waals surface area (Å²) in [6.45, 7) is 28.5. The second-order valence-electron chi connectivity index (χ2n) is 14.3. The summed E-state index contributed by atoms with van der Waals surface area (Å²) in [5.74, 6) is 0. The highest BCUT2D eigenvalue weighted by molar-refractivity contribution is 7.71. The van der Waals surface area contributed by atoms with E-state index in [2.05, 4.69) is 95.2 Å². The molecular formula is C32H48N4P2. The Kier molecular flexibility index (Phi) is 9.22. The van der Waals surface area contributed by atoms with E-state index in [1.54, 1.807) is 0 Å². The van der Waals surface area contributed by atoms with Gasteiger partial charge in [-0.1, -0.05) is 103 Å². The van der Waals surface area contributed by atoms with E-state index in [-0.39, 0.29) is 29.1 Å². The molecule has 0 saturated carbocycles. The lowest BCUT2D eigenvalue weighted by atomic mass is 9.74. The van der Waals surface area contributed by atoms with Crippen LogP contribution in [-0.2, 0) is 23.2 Å². The van der Waals surface area contributed by atoms with Crippen molar-refractivity contribution in [3.8, 4) is 0 Å². The molecule has 3 rings (SSSR count). The molecule has 0 amide bonds. The fraction of sp³-hybridized carbons (Fsp3) is 0.562. The highest BCUT2D eigenvalue weighted by Gasteiger charge is 2.36. The summed E-state index contributed by atoms with van der Waals surface area (Å²) >= 11 is 0. The maximum Gasteiger partial charge on any atom is 0.158 e. The smallest absolute Gasteiger partial charge is 0.158 e. The topological polar surface area (TPSA) is 51.6 Å². The van der Waals surface area contributed by atoms with Crippen LogP contribution in [0.3, 0.4) is 0 Å². The van der Waals surface area contributed by atoms with E-state index in [0.717, 1.165) is 23.5 Å². The third kappa shape index (κ3) is 7.67. The van der Waals surface area contributed by atoms with E-state index in [9.17, 15) is 0 Å². The molecule has 3 aromatic rings. The van der Waals surface area contributed by atoms with Gasteiger partial charge in [-0.3, -0.25) is 0 Å². The standard InChI is InChI=1S/C32H48N4P2/c1-29(2,3)25-19-23(21-37(27-33-15-13-16-34-27)28-35-17-14-18-36-28)24(20-26(25)30(4,5)6)22-38(31(7,8)9)32(10,11)12/h13-20H,21-22H2,1-12H3. The van der Waals surface area contributed by atoms with Crippen LogP contribution in [0.5, 0.6) is 0 Å². The summed E-state index contributed by atoms with van der Waals surface area (Å²) in [6, 6.07) is 8.82. The second-order valence-corrected chi connectivity index (χ2v) is 20.1. The highest BCUT2D eigenvalue weighted by atomic mass is 31.1. The first-order chi connectivity index (χ1) is 17.4. The minimum absolute atomic E-state index is 0.0317. The minimum atomic E-state index is -0.948. The minimum Gasteiger partial charge on any atom is -0.237 e. The van der Waals surface area contributed by atoms with Crippen LogP contribution in [0.1, 0.15) is 105 Å². The first-order valence-corrected chi connectivity index (χ1v) is 16.7. The summed E-state index contributed by atoms with van der Waals surface area (Å²) in [5, 5.41) is 0.483. The van der Waals surface area contributed by atoms with Crippen LogP contribution in [0.2, 0.25) is 0 Å². The van der Waals surface area contributed by atoms with Gasteiger partial charge in [0, 0.05) is 38.9 Å². The summed E-state index contributed by atoms with van der Waals surface area (Å²) in [6.07, 6.45) is 9.28. The molecular weight excluding hydrogens is 502 g/mol. The number of rotatable bonds is 6. The normalized spacial score (nSPS) is 13.4. The Bertz CT molecular complexity index is 1150. The summed E-state index contributed by atoms with van der Waals surface area (Å²) in [5.41, 5.74) is 7.52. The van der Waals surface area contributed by atoms with E-state index in [1.807, 2.05) is 36.9 Å². The van der Waals surface area contributed by atoms with Crippen molar-refractivity contribution in [3.63, 3.8) is 0 Å². The van der Waals surface area contributed by atoms with Gasteiger partial charge in [-0.05, 0) is 61.7 Å². The first kappa shape index (κ1) is 30.8. The van der Waals surface area contributed by atoms with E-state index in [0.29, 0.717) is 0 Å². The van der Waals surface area contributed by atoms with Gasteiger partial charge in [0.15, 0.2) is 11.1 Å². The SMILES string of the molecule is CC(C)(C)c1cc(CP(c2ncccn2)c2ncccn2)c(CP(C(C)(C)C)C(C)(C)C)cc1C(C)(C)C. The average molecular weight is 551 g/mol. The third-order valence-electron chi connectivity index (χ3n) is 6.82. The van der Waals surface area contributed by atoms with Crippen molar-refractivity contribution in [2.45, 2.75) is 117 Å². The number of benzene rings is 1. The largest absolute Gasteiger partial charge is 0.237 e. The molecule has 38 heavy (non-hydrogen) atoms. The van der Waals surface area contributed by atoms with Crippen molar-refractivity contribution in [2.75, 3.05) is 0 Å². The first-order valence-electron chi connectivity index (χ1n) is 13.6. The third-order valence-corrected chi connectivity index (χ3v) is 12.8. The zero-order valence-corrected chi connectivity index (χ0v) is 27.5. The maximum atomic E-state index is 4.69. The van der Waals surface area contributed by atoms with Crippen LogP contribution in [0.25, 0.3) is 0 Å². The Morgan fingerprint density at radius 1 is 0.526 bits per heavy atom. The number of nitrogens with zero attached hydrogens (tertiary/aromatic N) is 4. The molecule has 206 valence electrons. The van der Waals surface area contributed by atoms with Crippen molar-refractivity contribution < 1.29 is 0 Å². The molecule has 0 aliphatic rings. The van der Waals surface area contributed by atoms with Crippen LogP contribution >= 0.6 is 15.8 Å². The molecule has 0 saturated heterocycles. The highest BCUT2D eigenvalue weighted by Crippen LogP contribution is 2.62. The van der Waals surface area contributed by atoms with E-state index < -0.39 is 7.92 Å². The molecule has 0 fully saturated rings. The van der Waals surface area contributed by atoms with Crippen LogP contribution in [0, 0.1) is 0 Å². The van der Waals surface area contributed by atoms with E-state index in [4.69, 9.17) is 19.9 Å². The second kappa shape index (κ2) is 11.4. The molecule has 0 radical (unpaired) electrons. The van der Waals surface area contributed by atoms with Crippen molar-refractivity contribution >= 4 is 27.0 Å². The zero-order chi connectivity index (χ0) is 28.5. The monoisotopic (exact) mass is 550 g/mol. The van der Waals surface area contributed by atoms with Gasteiger partial charge in [-0.25, -0.2) is 19.9 Å². The molecule has 1 aromatic carbocycles. The molecule has 0 atom stereocenters. The summed E-state index contributed by atoms with van der Waals surface area (Å²) in [4.78, 5) is 18.8. The van der Waals surface area contributed by atoms with Gasteiger partial charge < -0.3 is 0 Å². The zero-order valence-electron chi connectivity index (χ0n) is 25.7. The summed E-state index contributed by atoms with van der Waals surface area (Å²) < 4.78 is 0. The average Bonchev–Trinajstić information content (AvgIpc) is 2.79. The van der Waals surface area contributed by atoms with Crippen molar-refractivity contribution in [3.05, 3.63) is 71.3 Å². The lowest BCUT2D eigenvalue weighted by Crippen LogP contribution is -2.27. The van der Waals surface area contributed by atoms with Crippen LogP contribution in [0.15, 0.2) is 49.1 Å². The van der Waals surface area contributed by atoms with Crippen LogP contribution in [0.4, 0.5) is 0 Å². The fourth-order valence-corrected chi connectivity index (χ4v) is 10.7. The van der Waals surface area contributed by atoms with Crippen LogP contribution < -0.4 is 11.1 Å². The number of aromatic nitrogens is 4. The Morgan fingerprint density at radius 2 is 0.868 bits per heavy atom. The predicted molar refractivity (Wildman–Crippen MR) is 168 cm³/mol. The van der Waals surface area contributed by atoms with Gasteiger partial charge >= 0.3 is 0 Å². The lowest BCUT2D eigenvalue weighted by molar-refractivity contribution is 0.529. The van der Waals surface area contributed by atoms with Crippen molar-refractivity contribution in [1.82, 2.24) is 19.9 Å². The molecule has 4 nitrogen and oxygen atoms in total. The Morgan fingerprint density at radius 3 is 1.18 bits per heavy atom. The van der Waals surface area contributed by atoms with Gasteiger partial charge in [0.05, 0.1) is 0 Å². The van der Waals surface area contributed by atoms with Gasteiger partial charge in [0.2, 0.25) is 0 Å². The number of hydrogen-bond donors (Lipinski definition) is 0. The Labute approximate surface area is 234 Å². The molecule has 0 aliphatic heterocycles. The lowest BCUT2D eigenvalue weighted by Gasteiger charge is -2.42. The van der Waals surface area contributed by atoms with Crippen LogP contribution in [-0.4, -0.2) is 30.2 Å². The molecule has 2 aromatic heterocycles. The van der Waals surface area contributed by atoms with Crippen molar-refractivity contribution in [1.29, 1.82) is 0 Å². The predicted octanol–water partition coefficient (Wildman–Crippen LogP) is 8.07. The molecule has 0 spiro atoms. The van der Waals surface area contributed by atoms with Gasteiger partial charge in [-0.15, -0.1) is 0 Å². The van der Waals surface area contributed by atoms with Gasteiger partial charge in [-0.2, -0.15) is 0 Å². The molecule has 0 bridgehead atoms. The van der Waals surface area contributed by atoms with E-state index in [1.165, 1.54) is 22.3 Å². The number of hydrogen-bond acceptors (Lipinski definition) is 4. The Hall–Kier alpha value is -1.76. The van der Waals surface area contributed by atoms with Crippen molar-refractivity contribution in [2.24, 2.45) is 0 Å². The molecule has 2 heterocycles. The van der Waals surface area contributed by atoms with Gasteiger partial charge in [0.25, 0.3) is 0 Å². The Balaban J connectivity index is 2.28. The summed E-state index contributed by atoms with van der Waals surface area (Å²) in [7, 11) is -1.26. The molecule has 0 aliphatic carbocycles. The van der Waals surface area contributed by atoms with Gasteiger partial charge in [0.1, 0.15) is 0 Å². The fourth-order valence-electron chi connectivity index (χ4n) is 5.14. The van der Waals surface area contributed by atoms with E-state index >= 15 is 0 Å². The maximum absolute atomic E-state index is 4.69. The molecule has 0 unspecified atom stereocenters. The molecule has 6 heteroatoms. The quantitative estimate of drug-likeness (QED) is 0.291. The molecule has 0 N–H and O–H groups in total.